The molecule has 1 fully saturated rings. The maximum Gasteiger partial charge on any atom is 0.303 e. The molecular formula is C34H42N2O7. The molecule has 1 amide bonds. The Morgan fingerprint density at radius 2 is 1.53 bits per heavy atom. The molecule has 4 N–H and O–H groups in total. The Balaban J connectivity index is 1.49. The molecule has 9 nitrogen and oxygen atoms in total. The second-order valence-corrected chi connectivity index (χ2v) is 11.3. The topological polar surface area (TPSA) is 129 Å². The van der Waals surface area contributed by atoms with Crippen LogP contribution in [-0.2, 0) is 32.2 Å². The number of amides is 1. The highest BCUT2D eigenvalue weighted by Gasteiger charge is 2.39. The summed E-state index contributed by atoms with van der Waals surface area (Å²) in [5.74, 6) is -1.33. The maximum atomic E-state index is 11.9. The van der Waals surface area contributed by atoms with Gasteiger partial charge in [-0.15, -0.1) is 0 Å². The summed E-state index contributed by atoms with van der Waals surface area (Å²) in [4.78, 5) is 24.7. The number of likely N-dealkylation sites (N-methyl/N-ethyl adjacent to an activating group) is 1. The summed E-state index contributed by atoms with van der Waals surface area (Å²) < 4.78 is 13.1. The lowest BCUT2D eigenvalue weighted by Gasteiger charge is -2.43. The van der Waals surface area contributed by atoms with Crippen LogP contribution in [-0.4, -0.2) is 57.8 Å². The minimum Gasteiger partial charge on any atom is -0.481 e. The molecule has 4 rings (SSSR count). The van der Waals surface area contributed by atoms with Gasteiger partial charge in [-0.1, -0.05) is 85.8 Å². The summed E-state index contributed by atoms with van der Waals surface area (Å²) in [5, 5.41) is 32.1. The zero-order chi connectivity index (χ0) is 30.9. The number of benzene rings is 3. The van der Waals surface area contributed by atoms with E-state index in [1.54, 1.807) is 0 Å². The van der Waals surface area contributed by atoms with Crippen molar-refractivity contribution in [2.75, 3.05) is 13.6 Å². The third kappa shape index (κ3) is 8.72. The van der Waals surface area contributed by atoms with Crippen LogP contribution in [0.5, 0.6) is 0 Å². The van der Waals surface area contributed by atoms with E-state index in [0.717, 1.165) is 27.8 Å². The Bertz CT molecular complexity index is 1320. The highest BCUT2D eigenvalue weighted by molar-refractivity contribution is 5.80. The summed E-state index contributed by atoms with van der Waals surface area (Å²) in [6, 6.07) is 24.8. The number of carboxylic acid groups (broad SMARTS) is 1. The number of rotatable bonds is 13. The number of aliphatic carboxylic acids is 1. The molecular weight excluding hydrogens is 548 g/mol. The number of nitrogens with zero attached hydrogens (tertiary/aromatic N) is 1. The molecule has 9 heteroatoms. The molecule has 1 aliphatic heterocycles. The van der Waals surface area contributed by atoms with E-state index in [1.807, 2.05) is 92.8 Å². The minimum absolute atomic E-state index is 0.0139. The van der Waals surface area contributed by atoms with Crippen molar-refractivity contribution in [2.24, 2.45) is 5.92 Å². The number of hydrogen-bond acceptors (Lipinski definition) is 7. The van der Waals surface area contributed by atoms with Gasteiger partial charge in [0.2, 0.25) is 5.91 Å². The van der Waals surface area contributed by atoms with Crippen molar-refractivity contribution in [1.29, 1.82) is 0 Å². The van der Waals surface area contributed by atoms with E-state index >= 15 is 0 Å². The van der Waals surface area contributed by atoms with Crippen molar-refractivity contribution in [3.8, 4) is 0 Å². The van der Waals surface area contributed by atoms with E-state index in [0.29, 0.717) is 6.54 Å². The predicted octanol–water partition coefficient (Wildman–Crippen LogP) is 4.51. The van der Waals surface area contributed by atoms with Gasteiger partial charge in [-0.2, -0.15) is 0 Å². The maximum absolute atomic E-state index is 11.9. The average molecular weight is 591 g/mol. The van der Waals surface area contributed by atoms with Crippen LogP contribution in [0, 0.1) is 5.92 Å². The molecule has 43 heavy (non-hydrogen) atoms. The SMILES string of the molecule is CC1C(CN(C)C(C)C(O)c2ccccc2)OC(c2ccc(CNC(=O)CCC(=O)O)cc2)OC1c1ccc(CO)cc1. The highest BCUT2D eigenvalue weighted by atomic mass is 16.7. The van der Waals surface area contributed by atoms with Gasteiger partial charge in [0, 0.05) is 37.0 Å². The van der Waals surface area contributed by atoms with Crippen LogP contribution in [0.3, 0.4) is 0 Å². The van der Waals surface area contributed by atoms with Crippen molar-refractivity contribution in [1.82, 2.24) is 10.2 Å². The van der Waals surface area contributed by atoms with Crippen molar-refractivity contribution < 1.29 is 34.4 Å². The first-order valence-electron chi connectivity index (χ1n) is 14.7. The van der Waals surface area contributed by atoms with Gasteiger partial charge in [0.25, 0.3) is 0 Å². The van der Waals surface area contributed by atoms with Crippen LogP contribution >= 0.6 is 0 Å². The first-order chi connectivity index (χ1) is 20.7. The largest absolute Gasteiger partial charge is 0.481 e. The fourth-order valence-corrected chi connectivity index (χ4v) is 5.25. The molecule has 0 saturated carbocycles. The Morgan fingerprint density at radius 3 is 2.16 bits per heavy atom. The van der Waals surface area contributed by atoms with Crippen molar-refractivity contribution in [2.45, 2.75) is 70.5 Å². The zero-order valence-corrected chi connectivity index (χ0v) is 24.9. The number of carbonyl (C=O) groups excluding carboxylic acids is 1. The van der Waals surface area contributed by atoms with E-state index < -0.39 is 18.4 Å². The van der Waals surface area contributed by atoms with Gasteiger partial charge in [-0.3, -0.25) is 14.5 Å². The van der Waals surface area contributed by atoms with E-state index in [1.165, 1.54) is 0 Å². The molecule has 0 radical (unpaired) electrons. The minimum atomic E-state index is -1.00. The number of aliphatic hydroxyl groups excluding tert-OH is 2. The van der Waals surface area contributed by atoms with E-state index in [4.69, 9.17) is 14.6 Å². The number of aliphatic hydroxyl groups is 2. The van der Waals surface area contributed by atoms with E-state index in [2.05, 4.69) is 17.1 Å². The van der Waals surface area contributed by atoms with Gasteiger partial charge >= 0.3 is 5.97 Å². The lowest BCUT2D eigenvalue weighted by Crippen LogP contribution is -2.46. The number of ether oxygens (including phenoxy) is 2. The van der Waals surface area contributed by atoms with Crippen LogP contribution in [0.2, 0.25) is 0 Å². The van der Waals surface area contributed by atoms with E-state index in [9.17, 15) is 19.8 Å². The van der Waals surface area contributed by atoms with Crippen molar-refractivity contribution in [3.63, 3.8) is 0 Å². The molecule has 1 heterocycles. The third-order valence-corrected chi connectivity index (χ3v) is 8.19. The second kappa shape index (κ2) is 15.2. The second-order valence-electron chi connectivity index (χ2n) is 11.3. The average Bonchev–Trinajstić information content (AvgIpc) is 3.03. The standard InChI is InChI=1S/C34H42N2O7/c1-22-29(20-36(3)23(2)32(41)26-7-5-4-6-8-26)42-34(43-33(22)27-13-11-25(21-37)12-14-27)28-15-9-24(10-16-28)19-35-30(38)17-18-31(39)40/h4-16,22-23,29,32-34,37,41H,17-21H2,1-3H3,(H,35,38)(H,39,40). The van der Waals surface area contributed by atoms with Crippen molar-refractivity contribution >= 4 is 11.9 Å². The molecule has 230 valence electrons. The number of carboxylic acids is 1. The lowest BCUT2D eigenvalue weighted by atomic mass is 9.89. The van der Waals surface area contributed by atoms with Gasteiger partial charge < -0.3 is 30.1 Å². The molecule has 3 aromatic rings. The van der Waals surface area contributed by atoms with Gasteiger partial charge in [0.15, 0.2) is 6.29 Å². The number of nitrogens with one attached hydrogen (secondary N) is 1. The Morgan fingerprint density at radius 1 is 0.907 bits per heavy atom. The molecule has 6 atom stereocenters. The molecule has 0 aromatic heterocycles. The first-order valence-corrected chi connectivity index (χ1v) is 14.7. The van der Waals surface area contributed by atoms with Gasteiger partial charge in [0.05, 0.1) is 31.3 Å². The monoisotopic (exact) mass is 590 g/mol. The summed E-state index contributed by atoms with van der Waals surface area (Å²) in [7, 11) is 1.99. The van der Waals surface area contributed by atoms with E-state index in [-0.39, 0.29) is 56.1 Å². The van der Waals surface area contributed by atoms with Crippen molar-refractivity contribution in [3.05, 3.63) is 107 Å². The Labute approximate surface area is 253 Å². The Kier molecular flexibility index (Phi) is 11.4. The molecule has 6 unspecified atom stereocenters. The Hall–Kier alpha value is -3.60. The summed E-state index contributed by atoms with van der Waals surface area (Å²) in [5.41, 5.74) is 4.37. The predicted molar refractivity (Wildman–Crippen MR) is 162 cm³/mol. The van der Waals surface area contributed by atoms with Gasteiger partial charge in [-0.25, -0.2) is 0 Å². The highest BCUT2D eigenvalue weighted by Crippen LogP contribution is 2.42. The molecule has 0 bridgehead atoms. The summed E-state index contributed by atoms with van der Waals surface area (Å²) >= 11 is 0. The normalized spacial score (nSPS) is 21.7. The summed E-state index contributed by atoms with van der Waals surface area (Å²) in [6.45, 7) is 4.93. The first kappa shape index (κ1) is 32.3. The van der Waals surface area contributed by atoms with Crippen LogP contribution in [0.25, 0.3) is 0 Å². The summed E-state index contributed by atoms with van der Waals surface area (Å²) in [6.07, 6.45) is -2.06. The fraction of sp³-hybridized carbons (Fsp3) is 0.412. The number of hydrogen-bond donors (Lipinski definition) is 4. The van der Waals surface area contributed by atoms with Gasteiger partial charge in [-0.05, 0) is 36.2 Å². The quantitative estimate of drug-likeness (QED) is 0.229. The lowest BCUT2D eigenvalue weighted by molar-refractivity contribution is -0.276. The smallest absolute Gasteiger partial charge is 0.303 e. The van der Waals surface area contributed by atoms with Gasteiger partial charge in [0.1, 0.15) is 0 Å². The molecule has 1 saturated heterocycles. The van der Waals surface area contributed by atoms with Crippen LogP contribution < -0.4 is 5.32 Å². The molecule has 0 spiro atoms. The third-order valence-electron chi connectivity index (χ3n) is 8.19. The molecule has 0 aliphatic carbocycles. The van der Waals surface area contributed by atoms with Crippen LogP contribution in [0.15, 0.2) is 78.9 Å². The number of carbonyl (C=O) groups is 2. The van der Waals surface area contributed by atoms with Crippen LogP contribution in [0.4, 0.5) is 0 Å². The zero-order valence-electron chi connectivity index (χ0n) is 24.9. The van der Waals surface area contributed by atoms with Crippen LogP contribution in [0.1, 0.15) is 73.0 Å². The fourth-order valence-electron chi connectivity index (χ4n) is 5.25. The molecule has 1 aliphatic rings. The molecule has 3 aromatic carbocycles.